The molecule has 0 aromatic heterocycles. The number of benzene rings is 2. The van der Waals surface area contributed by atoms with Crippen LogP contribution in [0.2, 0.25) is 0 Å². The minimum Gasteiger partial charge on any atom is -0.497 e. The van der Waals surface area contributed by atoms with Crippen LogP contribution < -0.4 is 9.47 Å². The molecule has 2 aromatic rings. The van der Waals surface area contributed by atoms with Gasteiger partial charge in [0.05, 0.1) is 26.8 Å². The molecule has 1 saturated heterocycles. The molecule has 1 atom stereocenters. The first-order valence-electron chi connectivity index (χ1n) is 10.6. The van der Waals surface area contributed by atoms with E-state index < -0.39 is 0 Å². The number of hydrogen-bond donors (Lipinski definition) is 0. The van der Waals surface area contributed by atoms with E-state index in [1.54, 1.807) is 31.3 Å². The number of ether oxygens (including phenoxy) is 2. The Bertz CT molecular complexity index is 867. The maximum absolute atomic E-state index is 13.2. The lowest BCUT2D eigenvalue weighted by Crippen LogP contribution is -2.49. The fourth-order valence-corrected chi connectivity index (χ4v) is 3.84. The van der Waals surface area contributed by atoms with E-state index in [1.807, 2.05) is 32.2 Å². The van der Waals surface area contributed by atoms with Crippen molar-refractivity contribution in [2.24, 2.45) is 0 Å². The molecule has 168 valence electrons. The molecular formula is C24H32FN3O3. The minimum atomic E-state index is -0.269. The van der Waals surface area contributed by atoms with Crippen molar-refractivity contribution >= 4 is 5.91 Å². The molecule has 2 aromatic carbocycles. The summed E-state index contributed by atoms with van der Waals surface area (Å²) in [4.78, 5) is 19.1. The predicted molar refractivity (Wildman–Crippen MR) is 119 cm³/mol. The van der Waals surface area contributed by atoms with Crippen molar-refractivity contribution in [3.05, 3.63) is 59.4 Å². The van der Waals surface area contributed by atoms with E-state index in [-0.39, 0.29) is 17.8 Å². The highest BCUT2D eigenvalue weighted by atomic mass is 19.1. The molecule has 0 N–H and O–H groups in total. The number of amides is 1. The number of methoxy groups -OCH3 is 2. The van der Waals surface area contributed by atoms with E-state index in [0.717, 1.165) is 55.3 Å². The lowest BCUT2D eigenvalue weighted by atomic mass is 10.1. The van der Waals surface area contributed by atoms with E-state index in [1.165, 1.54) is 12.1 Å². The fraction of sp³-hybridized carbons (Fsp3) is 0.458. The molecule has 1 fully saturated rings. The van der Waals surface area contributed by atoms with Gasteiger partial charge in [-0.2, -0.15) is 0 Å². The third-order valence-electron chi connectivity index (χ3n) is 6.03. The Hall–Kier alpha value is -2.64. The molecular weight excluding hydrogens is 397 g/mol. The summed E-state index contributed by atoms with van der Waals surface area (Å²) in [5.74, 6) is 1.47. The average molecular weight is 430 g/mol. The van der Waals surface area contributed by atoms with Crippen molar-refractivity contribution < 1.29 is 18.7 Å². The third-order valence-corrected chi connectivity index (χ3v) is 6.03. The number of piperazine rings is 1. The first kappa shape index (κ1) is 23.0. The Labute approximate surface area is 184 Å². The number of carbonyl (C=O) groups is 1. The van der Waals surface area contributed by atoms with Gasteiger partial charge in [-0.05, 0) is 42.8 Å². The van der Waals surface area contributed by atoms with Crippen LogP contribution in [-0.4, -0.2) is 74.6 Å². The van der Waals surface area contributed by atoms with E-state index in [0.29, 0.717) is 6.54 Å². The molecule has 7 heteroatoms. The van der Waals surface area contributed by atoms with Crippen molar-refractivity contribution in [3.63, 3.8) is 0 Å². The van der Waals surface area contributed by atoms with Gasteiger partial charge in [0.25, 0.3) is 0 Å². The summed E-state index contributed by atoms with van der Waals surface area (Å²) in [6, 6.07) is 12.1. The maximum atomic E-state index is 13.2. The molecule has 0 bridgehead atoms. The summed E-state index contributed by atoms with van der Waals surface area (Å²) in [6.07, 6.45) is 0. The van der Waals surface area contributed by atoms with Crippen LogP contribution in [0.1, 0.15) is 24.1 Å². The average Bonchev–Trinajstić information content (AvgIpc) is 2.79. The molecule has 1 amide bonds. The Balaban J connectivity index is 1.50. The Morgan fingerprint density at radius 1 is 1.03 bits per heavy atom. The minimum absolute atomic E-state index is 0.0692. The summed E-state index contributed by atoms with van der Waals surface area (Å²) in [7, 11) is 5.15. The highest BCUT2D eigenvalue weighted by molar-refractivity contribution is 5.78. The normalized spacial score (nSPS) is 16.0. The van der Waals surface area contributed by atoms with Crippen LogP contribution in [0.25, 0.3) is 0 Å². The largest absolute Gasteiger partial charge is 0.497 e. The maximum Gasteiger partial charge on any atom is 0.236 e. The van der Waals surface area contributed by atoms with Crippen LogP contribution in [0, 0.1) is 5.82 Å². The van der Waals surface area contributed by atoms with Crippen LogP contribution in [-0.2, 0) is 11.3 Å². The monoisotopic (exact) mass is 429 g/mol. The Kier molecular flexibility index (Phi) is 7.87. The second-order valence-corrected chi connectivity index (χ2v) is 7.96. The van der Waals surface area contributed by atoms with Crippen LogP contribution in [0.3, 0.4) is 0 Å². The standard InChI is InChI=1S/C24H32FN3O3/c1-18(19-5-7-21(25)8-6-19)26(2)24(29)17-28-13-11-27(12-14-28)16-20-15-22(30-3)9-10-23(20)31-4/h5-10,15,18H,11-14,16-17H2,1-4H3. The van der Waals surface area contributed by atoms with Crippen LogP contribution in [0.5, 0.6) is 11.5 Å². The number of likely N-dealkylation sites (N-methyl/N-ethyl adjacent to an activating group) is 1. The highest BCUT2D eigenvalue weighted by Gasteiger charge is 2.23. The molecule has 31 heavy (non-hydrogen) atoms. The van der Waals surface area contributed by atoms with Crippen LogP contribution in [0.4, 0.5) is 4.39 Å². The number of halogens is 1. The number of rotatable bonds is 8. The third kappa shape index (κ3) is 5.95. The van der Waals surface area contributed by atoms with E-state index in [9.17, 15) is 9.18 Å². The Morgan fingerprint density at radius 3 is 2.29 bits per heavy atom. The molecule has 0 spiro atoms. The predicted octanol–water partition coefficient (Wildman–Crippen LogP) is 3.18. The number of carbonyl (C=O) groups excluding carboxylic acids is 1. The summed E-state index contributed by atoms with van der Waals surface area (Å²) in [5.41, 5.74) is 2.02. The second kappa shape index (κ2) is 10.6. The first-order chi connectivity index (χ1) is 14.9. The molecule has 1 aliphatic rings. The van der Waals surface area contributed by atoms with Gasteiger partial charge >= 0.3 is 0 Å². The van der Waals surface area contributed by atoms with Crippen molar-refractivity contribution in [2.75, 3.05) is 54.0 Å². The van der Waals surface area contributed by atoms with Crippen molar-refractivity contribution in [2.45, 2.75) is 19.5 Å². The van der Waals surface area contributed by atoms with E-state index in [4.69, 9.17) is 9.47 Å². The fourth-order valence-electron chi connectivity index (χ4n) is 3.84. The zero-order chi connectivity index (χ0) is 22.4. The molecule has 0 radical (unpaired) electrons. The number of hydrogen-bond acceptors (Lipinski definition) is 5. The van der Waals surface area contributed by atoms with Crippen molar-refractivity contribution in [3.8, 4) is 11.5 Å². The molecule has 1 unspecified atom stereocenters. The molecule has 1 heterocycles. The van der Waals surface area contributed by atoms with Gasteiger partial charge in [-0.15, -0.1) is 0 Å². The van der Waals surface area contributed by atoms with E-state index >= 15 is 0 Å². The molecule has 1 aliphatic heterocycles. The summed E-state index contributed by atoms with van der Waals surface area (Å²) in [6.45, 7) is 6.55. The van der Waals surface area contributed by atoms with Gasteiger partial charge in [-0.1, -0.05) is 12.1 Å². The van der Waals surface area contributed by atoms with Gasteiger partial charge in [0.2, 0.25) is 5.91 Å². The summed E-state index contributed by atoms with van der Waals surface area (Å²) < 4.78 is 24.0. The van der Waals surface area contributed by atoms with Gasteiger partial charge in [0, 0.05) is 45.3 Å². The topological polar surface area (TPSA) is 45.3 Å². The van der Waals surface area contributed by atoms with Gasteiger partial charge in [-0.25, -0.2) is 4.39 Å². The molecule has 0 saturated carbocycles. The second-order valence-electron chi connectivity index (χ2n) is 7.96. The summed E-state index contributed by atoms with van der Waals surface area (Å²) >= 11 is 0. The molecule has 6 nitrogen and oxygen atoms in total. The van der Waals surface area contributed by atoms with Crippen molar-refractivity contribution in [1.82, 2.24) is 14.7 Å². The Morgan fingerprint density at radius 2 is 1.68 bits per heavy atom. The quantitative estimate of drug-likeness (QED) is 0.645. The van der Waals surface area contributed by atoms with Crippen LogP contribution in [0.15, 0.2) is 42.5 Å². The highest BCUT2D eigenvalue weighted by Crippen LogP contribution is 2.26. The molecule has 3 rings (SSSR count). The molecule has 0 aliphatic carbocycles. The van der Waals surface area contributed by atoms with E-state index in [2.05, 4.69) is 9.80 Å². The van der Waals surface area contributed by atoms with Crippen molar-refractivity contribution in [1.29, 1.82) is 0 Å². The smallest absolute Gasteiger partial charge is 0.236 e. The van der Waals surface area contributed by atoms with Gasteiger partial charge in [0.1, 0.15) is 17.3 Å². The lowest BCUT2D eigenvalue weighted by Gasteiger charge is -2.36. The van der Waals surface area contributed by atoms with Gasteiger partial charge < -0.3 is 14.4 Å². The SMILES string of the molecule is COc1ccc(OC)c(CN2CCN(CC(=O)N(C)C(C)c3ccc(F)cc3)CC2)c1. The number of nitrogens with zero attached hydrogens (tertiary/aromatic N) is 3. The zero-order valence-electron chi connectivity index (χ0n) is 18.8. The van der Waals surface area contributed by atoms with Gasteiger partial charge in [0.15, 0.2) is 0 Å². The van der Waals surface area contributed by atoms with Gasteiger partial charge in [-0.3, -0.25) is 14.6 Å². The zero-order valence-corrected chi connectivity index (χ0v) is 18.8. The van der Waals surface area contributed by atoms with Crippen LogP contribution >= 0.6 is 0 Å². The first-order valence-corrected chi connectivity index (χ1v) is 10.6. The lowest BCUT2D eigenvalue weighted by molar-refractivity contribution is -0.133. The summed E-state index contributed by atoms with van der Waals surface area (Å²) in [5, 5.41) is 0.